The number of ether oxygens (including phenoxy) is 1. The number of methoxy groups -OCH3 is 1. The van der Waals surface area contributed by atoms with E-state index in [4.69, 9.17) is 16.3 Å². The number of nitro benzene ring substituents is 1. The topological polar surface area (TPSA) is 131 Å². The van der Waals surface area contributed by atoms with Gasteiger partial charge in [0.05, 0.1) is 41.0 Å². The molecule has 4 aliphatic rings. The van der Waals surface area contributed by atoms with Gasteiger partial charge in [0.2, 0.25) is 11.8 Å². The van der Waals surface area contributed by atoms with E-state index < -0.39 is 45.8 Å². The Morgan fingerprint density at radius 2 is 1.61 bits per heavy atom. The number of rotatable bonds is 6. The van der Waals surface area contributed by atoms with E-state index >= 15 is 0 Å². The zero-order valence-electron chi connectivity index (χ0n) is 23.1. The average Bonchev–Trinajstić information content (AvgIpc) is 3.31. The van der Waals surface area contributed by atoms with Gasteiger partial charge in [-0.15, -0.1) is 0 Å². The Balaban J connectivity index is 1.39. The van der Waals surface area contributed by atoms with E-state index in [-0.39, 0.29) is 17.1 Å². The molecule has 0 spiro atoms. The molecule has 0 aromatic heterocycles. The lowest BCUT2D eigenvalue weighted by Gasteiger charge is -2.52. The number of hydrazone groups is 1. The minimum Gasteiger partial charge on any atom is -0.494 e. The predicted molar refractivity (Wildman–Crippen MR) is 162 cm³/mol. The number of carbonyl (C=O) groups excluding carboxylic acids is 3. The van der Waals surface area contributed by atoms with E-state index in [1.54, 1.807) is 30.5 Å². The van der Waals surface area contributed by atoms with Gasteiger partial charge in [-0.3, -0.25) is 24.5 Å². The Bertz CT molecular complexity index is 1880. The van der Waals surface area contributed by atoms with Gasteiger partial charge in [0, 0.05) is 28.8 Å². The van der Waals surface area contributed by atoms with Gasteiger partial charge in [-0.1, -0.05) is 60.1 Å². The first-order chi connectivity index (χ1) is 21.3. The monoisotopic (exact) mass is 606 g/mol. The largest absolute Gasteiger partial charge is 0.494 e. The van der Waals surface area contributed by atoms with Crippen LogP contribution in [0.1, 0.15) is 38.5 Å². The normalized spacial score (nSPS) is 22.9. The number of hydrogen-bond acceptors (Lipinski definition) is 7. The molecular formula is C33H23ClN4O6. The molecule has 3 amide bonds. The Hall–Kier alpha value is -5.35. The Kier molecular flexibility index (Phi) is 6.33. The molecule has 3 aliphatic carbocycles. The molecule has 1 fully saturated rings. The van der Waals surface area contributed by atoms with Crippen molar-refractivity contribution in [3.8, 4) is 5.75 Å². The lowest BCUT2D eigenvalue weighted by Crippen LogP contribution is -2.54. The highest BCUT2D eigenvalue weighted by molar-refractivity contribution is 6.30. The lowest BCUT2D eigenvalue weighted by atomic mass is 9.47. The zero-order chi connectivity index (χ0) is 30.7. The van der Waals surface area contributed by atoms with Crippen molar-refractivity contribution in [2.75, 3.05) is 12.0 Å². The fourth-order valence-corrected chi connectivity index (χ4v) is 7.24. The van der Waals surface area contributed by atoms with Crippen LogP contribution in [0.25, 0.3) is 0 Å². The van der Waals surface area contributed by atoms with Gasteiger partial charge < -0.3 is 4.74 Å². The highest BCUT2D eigenvalue weighted by Gasteiger charge is 2.68. The summed E-state index contributed by atoms with van der Waals surface area (Å²) in [6.45, 7) is 0. The molecule has 0 saturated carbocycles. The molecule has 0 unspecified atom stereocenters. The van der Waals surface area contributed by atoms with Gasteiger partial charge in [0.15, 0.2) is 0 Å². The molecule has 2 bridgehead atoms. The zero-order valence-corrected chi connectivity index (χ0v) is 23.9. The van der Waals surface area contributed by atoms with Gasteiger partial charge >= 0.3 is 0 Å². The summed E-state index contributed by atoms with van der Waals surface area (Å²) in [6.07, 6.45) is 1.56. The van der Waals surface area contributed by atoms with Crippen molar-refractivity contribution in [2.24, 2.45) is 16.9 Å². The summed E-state index contributed by atoms with van der Waals surface area (Å²) >= 11 is 5.97. The Labute approximate surface area is 256 Å². The maximum atomic E-state index is 14.6. The van der Waals surface area contributed by atoms with E-state index in [1.807, 2.05) is 48.5 Å². The van der Waals surface area contributed by atoms with Crippen LogP contribution in [0.4, 0.5) is 11.4 Å². The third-order valence-corrected chi connectivity index (χ3v) is 9.09. The van der Waals surface area contributed by atoms with Gasteiger partial charge in [-0.25, -0.2) is 10.3 Å². The predicted octanol–water partition coefficient (Wildman–Crippen LogP) is 5.22. The third-order valence-electron chi connectivity index (χ3n) is 8.84. The van der Waals surface area contributed by atoms with Crippen LogP contribution in [0, 0.1) is 22.0 Å². The summed E-state index contributed by atoms with van der Waals surface area (Å²) in [6, 6.07) is 25.4. The molecule has 4 aromatic rings. The third kappa shape index (κ3) is 3.80. The Morgan fingerprint density at radius 3 is 2.23 bits per heavy atom. The number of nitrogens with zero attached hydrogens (tertiary/aromatic N) is 3. The number of benzene rings is 4. The average molecular weight is 607 g/mol. The smallest absolute Gasteiger partial charge is 0.273 e. The second-order valence-electron chi connectivity index (χ2n) is 10.9. The molecule has 44 heavy (non-hydrogen) atoms. The molecular weight excluding hydrogens is 584 g/mol. The van der Waals surface area contributed by atoms with Crippen LogP contribution in [0.3, 0.4) is 0 Å². The van der Waals surface area contributed by atoms with Crippen molar-refractivity contribution >= 4 is 46.9 Å². The lowest BCUT2D eigenvalue weighted by molar-refractivity contribution is -0.384. The van der Waals surface area contributed by atoms with Crippen LogP contribution < -0.4 is 15.1 Å². The van der Waals surface area contributed by atoms with E-state index in [9.17, 15) is 24.5 Å². The summed E-state index contributed by atoms with van der Waals surface area (Å²) in [5.41, 5.74) is 5.01. The number of carbonyl (C=O) groups is 3. The number of anilines is 1. The van der Waals surface area contributed by atoms with E-state index in [0.717, 1.165) is 27.2 Å². The highest BCUT2D eigenvalue weighted by atomic mass is 35.5. The van der Waals surface area contributed by atoms with Crippen LogP contribution in [0.5, 0.6) is 5.75 Å². The van der Waals surface area contributed by atoms with Crippen molar-refractivity contribution < 1.29 is 24.0 Å². The first-order valence-electron chi connectivity index (χ1n) is 13.8. The summed E-state index contributed by atoms with van der Waals surface area (Å²) in [4.78, 5) is 53.8. The molecule has 1 N–H and O–H groups in total. The number of hydrogen-bond donors (Lipinski definition) is 1. The maximum Gasteiger partial charge on any atom is 0.273 e. The number of halogens is 1. The van der Waals surface area contributed by atoms with Crippen molar-refractivity contribution in [1.29, 1.82) is 0 Å². The standard InChI is InChI=1S/C33H23ClN4O6/c1-44-26-16-20(38(42)43)14-15-25(26)37-31(40)28-27-21-6-2-4-8-23(21)33(29(28)32(37)41,24-9-5-3-7-22(24)27)17-35-36-30(39)18-10-12-19(34)13-11-18/h2-17,27-29H,1H3,(H,36,39)/b35-17+/t27?,28-,29+,33?/m1/s1. The molecule has 11 heteroatoms. The summed E-state index contributed by atoms with van der Waals surface area (Å²) in [7, 11) is 1.33. The summed E-state index contributed by atoms with van der Waals surface area (Å²) in [5.74, 6) is -3.51. The molecule has 1 aliphatic heterocycles. The molecule has 1 heterocycles. The SMILES string of the molecule is COc1cc([N+](=O)[O-])ccc1N1C(=O)[C@@H]2C3c4ccccc4C(/C=N/NC(=O)c4ccc(Cl)cc4)(c4ccccc43)[C@@H]2C1=O. The second kappa shape index (κ2) is 10.1. The number of imide groups is 1. The number of amides is 3. The quantitative estimate of drug-likeness (QED) is 0.138. The van der Waals surface area contributed by atoms with Crippen LogP contribution >= 0.6 is 11.6 Å². The fourth-order valence-electron chi connectivity index (χ4n) is 7.11. The molecule has 1 saturated heterocycles. The number of nitro groups is 1. The van der Waals surface area contributed by atoms with Crippen molar-refractivity contribution in [2.45, 2.75) is 11.3 Å². The van der Waals surface area contributed by atoms with Gasteiger partial charge in [0.1, 0.15) is 5.75 Å². The van der Waals surface area contributed by atoms with Crippen molar-refractivity contribution in [1.82, 2.24) is 5.43 Å². The highest BCUT2D eigenvalue weighted by Crippen LogP contribution is 2.64. The van der Waals surface area contributed by atoms with Crippen LogP contribution in [-0.4, -0.2) is 36.0 Å². The van der Waals surface area contributed by atoms with E-state index in [2.05, 4.69) is 10.5 Å². The minimum absolute atomic E-state index is 0.0277. The van der Waals surface area contributed by atoms with Gasteiger partial charge in [0.25, 0.3) is 11.6 Å². The van der Waals surface area contributed by atoms with Crippen molar-refractivity contribution in [3.63, 3.8) is 0 Å². The van der Waals surface area contributed by atoms with Crippen LogP contribution in [0.15, 0.2) is 96.1 Å². The van der Waals surface area contributed by atoms with E-state index in [1.165, 1.54) is 25.3 Å². The molecule has 2 atom stereocenters. The Morgan fingerprint density at radius 1 is 0.977 bits per heavy atom. The van der Waals surface area contributed by atoms with Crippen LogP contribution in [-0.2, 0) is 15.0 Å². The molecule has 218 valence electrons. The summed E-state index contributed by atoms with van der Waals surface area (Å²) in [5, 5.41) is 16.3. The molecule has 4 aromatic carbocycles. The fraction of sp³-hybridized carbons (Fsp3) is 0.152. The van der Waals surface area contributed by atoms with E-state index in [0.29, 0.717) is 10.6 Å². The maximum absolute atomic E-state index is 14.6. The summed E-state index contributed by atoms with van der Waals surface area (Å²) < 4.78 is 5.42. The number of non-ortho nitro benzene ring substituents is 1. The number of nitrogens with one attached hydrogen (secondary N) is 1. The molecule has 0 radical (unpaired) electrons. The first-order valence-corrected chi connectivity index (χ1v) is 14.1. The van der Waals surface area contributed by atoms with Crippen molar-refractivity contribution in [3.05, 3.63) is 134 Å². The molecule has 10 nitrogen and oxygen atoms in total. The van der Waals surface area contributed by atoms with Gasteiger partial charge in [-0.05, 0) is 52.6 Å². The first kappa shape index (κ1) is 27.5. The second-order valence-corrected chi connectivity index (χ2v) is 11.3. The minimum atomic E-state index is -1.21. The van der Waals surface area contributed by atoms with Gasteiger partial charge in [-0.2, -0.15) is 5.10 Å². The van der Waals surface area contributed by atoms with Crippen LogP contribution in [0.2, 0.25) is 5.02 Å². The molecule has 8 rings (SSSR count).